The number of anilines is 1. The number of rotatable bonds is 5. The number of amides is 1. The van der Waals surface area contributed by atoms with Gasteiger partial charge in [0.25, 0.3) is 5.91 Å². The summed E-state index contributed by atoms with van der Waals surface area (Å²) in [6.07, 6.45) is 7.58. The Morgan fingerprint density at radius 1 is 1.08 bits per heavy atom. The van der Waals surface area contributed by atoms with E-state index >= 15 is 0 Å². The largest absolute Gasteiger partial charge is 0.456 e. The van der Waals surface area contributed by atoms with Crippen LogP contribution < -0.4 is 5.32 Å². The van der Waals surface area contributed by atoms with E-state index in [-0.39, 0.29) is 17.1 Å². The Hall–Kier alpha value is -1.98. The van der Waals surface area contributed by atoms with Crippen molar-refractivity contribution < 1.29 is 23.1 Å². The summed E-state index contributed by atoms with van der Waals surface area (Å²) in [5.74, 6) is -0.326. The van der Waals surface area contributed by atoms with Gasteiger partial charge in [-0.1, -0.05) is 0 Å². The maximum Gasteiger partial charge on any atom is 0.306 e. The van der Waals surface area contributed by atoms with Crippen LogP contribution in [0, 0.1) is 34.8 Å². The number of nitrogens with one attached hydrogen (secondary N) is 1. The number of hydrogen-bond acceptors (Lipinski definition) is 3. The van der Waals surface area contributed by atoms with E-state index in [1.54, 1.807) is 0 Å². The second-order valence-corrected chi connectivity index (χ2v) is 8.43. The molecule has 0 spiro atoms. The summed E-state index contributed by atoms with van der Waals surface area (Å²) in [6.45, 7) is -0.456. The number of carbonyl (C=O) groups excluding carboxylic acids is 2. The third-order valence-electron chi connectivity index (χ3n) is 6.25. The molecule has 6 heteroatoms. The number of esters is 1. The molecule has 5 rings (SSSR count). The van der Waals surface area contributed by atoms with Gasteiger partial charge in [0.1, 0.15) is 11.6 Å². The molecule has 140 valence electrons. The summed E-state index contributed by atoms with van der Waals surface area (Å²) in [5, 5.41) is 2.29. The Kier molecular flexibility index (Phi) is 4.45. The van der Waals surface area contributed by atoms with Gasteiger partial charge >= 0.3 is 5.97 Å². The Morgan fingerprint density at radius 2 is 1.69 bits per heavy atom. The maximum absolute atomic E-state index is 13.5. The van der Waals surface area contributed by atoms with Crippen LogP contribution in [-0.4, -0.2) is 18.5 Å². The van der Waals surface area contributed by atoms with Gasteiger partial charge in [-0.15, -0.1) is 0 Å². The van der Waals surface area contributed by atoms with Crippen LogP contribution in [0.5, 0.6) is 0 Å². The van der Waals surface area contributed by atoms with Crippen LogP contribution in [0.1, 0.15) is 44.9 Å². The molecule has 4 bridgehead atoms. The molecule has 4 aliphatic carbocycles. The van der Waals surface area contributed by atoms with Gasteiger partial charge in [-0.25, -0.2) is 8.78 Å². The van der Waals surface area contributed by atoms with Crippen molar-refractivity contribution in [2.45, 2.75) is 44.9 Å². The first-order valence-electron chi connectivity index (χ1n) is 9.31. The van der Waals surface area contributed by atoms with Gasteiger partial charge < -0.3 is 10.1 Å². The predicted octanol–water partition coefficient (Wildman–Crippen LogP) is 4.05. The summed E-state index contributed by atoms with van der Waals surface area (Å²) in [5.41, 5.74) is -0.0701. The van der Waals surface area contributed by atoms with Gasteiger partial charge in [-0.3, -0.25) is 9.59 Å². The van der Waals surface area contributed by atoms with E-state index in [1.165, 1.54) is 19.3 Å². The van der Waals surface area contributed by atoms with E-state index in [4.69, 9.17) is 4.74 Å². The molecular weight excluding hydrogens is 340 g/mol. The first-order valence-corrected chi connectivity index (χ1v) is 9.31. The van der Waals surface area contributed by atoms with Crippen LogP contribution in [-0.2, 0) is 14.3 Å². The normalized spacial score (nSPS) is 31.7. The number of halogens is 2. The SMILES string of the molecule is O=C(COC(=O)CC12CC3CC(CC(C3)C1)C2)Nc1ccc(F)cc1F. The van der Waals surface area contributed by atoms with Crippen molar-refractivity contribution >= 4 is 17.6 Å². The van der Waals surface area contributed by atoms with Gasteiger partial charge in [0.2, 0.25) is 0 Å². The van der Waals surface area contributed by atoms with Crippen molar-refractivity contribution in [2.75, 3.05) is 11.9 Å². The maximum atomic E-state index is 13.5. The van der Waals surface area contributed by atoms with Gasteiger partial charge in [0.05, 0.1) is 12.1 Å². The average molecular weight is 363 g/mol. The summed E-state index contributed by atoms with van der Waals surface area (Å²) >= 11 is 0. The molecule has 0 heterocycles. The molecule has 1 amide bonds. The molecule has 1 aromatic carbocycles. The minimum Gasteiger partial charge on any atom is -0.456 e. The molecule has 0 atom stereocenters. The lowest BCUT2D eigenvalue weighted by molar-refractivity contribution is -0.154. The minimum atomic E-state index is -0.863. The Balaban J connectivity index is 1.28. The average Bonchev–Trinajstić information content (AvgIpc) is 2.54. The van der Waals surface area contributed by atoms with Crippen molar-refractivity contribution in [3.05, 3.63) is 29.8 Å². The summed E-state index contributed by atoms with van der Waals surface area (Å²) in [4.78, 5) is 24.1. The van der Waals surface area contributed by atoms with Gasteiger partial charge in [0, 0.05) is 6.07 Å². The van der Waals surface area contributed by atoms with Crippen molar-refractivity contribution in [3.63, 3.8) is 0 Å². The van der Waals surface area contributed by atoms with E-state index in [1.807, 2.05) is 0 Å². The zero-order valence-corrected chi connectivity index (χ0v) is 14.6. The molecule has 4 saturated carbocycles. The second kappa shape index (κ2) is 6.63. The fourth-order valence-corrected chi connectivity index (χ4v) is 5.79. The molecule has 26 heavy (non-hydrogen) atoms. The second-order valence-electron chi connectivity index (χ2n) is 8.43. The highest BCUT2D eigenvalue weighted by atomic mass is 19.1. The van der Waals surface area contributed by atoms with Crippen molar-refractivity contribution in [1.82, 2.24) is 0 Å². The number of carbonyl (C=O) groups is 2. The fourth-order valence-electron chi connectivity index (χ4n) is 5.79. The van der Waals surface area contributed by atoms with Gasteiger partial charge in [-0.05, 0) is 73.8 Å². The highest BCUT2D eigenvalue weighted by Gasteiger charge is 2.51. The molecule has 1 aromatic rings. The zero-order valence-electron chi connectivity index (χ0n) is 14.6. The van der Waals surface area contributed by atoms with Crippen LogP contribution in [0.15, 0.2) is 18.2 Å². The highest BCUT2D eigenvalue weighted by Crippen LogP contribution is 2.61. The number of hydrogen-bond donors (Lipinski definition) is 1. The smallest absolute Gasteiger partial charge is 0.306 e. The molecule has 4 nitrogen and oxygen atoms in total. The van der Waals surface area contributed by atoms with Crippen LogP contribution >= 0.6 is 0 Å². The molecule has 0 unspecified atom stereocenters. The van der Waals surface area contributed by atoms with Crippen molar-refractivity contribution in [3.8, 4) is 0 Å². The molecule has 0 aromatic heterocycles. The Bertz CT molecular complexity index is 698. The molecule has 4 aliphatic rings. The molecule has 0 saturated heterocycles. The monoisotopic (exact) mass is 363 g/mol. The van der Waals surface area contributed by atoms with Crippen molar-refractivity contribution in [1.29, 1.82) is 0 Å². The van der Waals surface area contributed by atoms with Crippen molar-refractivity contribution in [2.24, 2.45) is 23.2 Å². The van der Waals surface area contributed by atoms with Gasteiger partial charge in [-0.2, -0.15) is 0 Å². The fraction of sp³-hybridized carbons (Fsp3) is 0.600. The van der Waals surface area contributed by atoms with Crippen LogP contribution in [0.2, 0.25) is 0 Å². The molecule has 0 aliphatic heterocycles. The van der Waals surface area contributed by atoms with Gasteiger partial charge in [0.15, 0.2) is 6.61 Å². The highest BCUT2D eigenvalue weighted by molar-refractivity contribution is 5.92. The molecule has 4 fully saturated rings. The number of ether oxygens (including phenoxy) is 1. The quantitative estimate of drug-likeness (QED) is 0.803. The standard InChI is InChI=1S/C20H23F2NO3/c21-15-1-2-17(16(22)6-15)23-18(24)11-26-19(25)10-20-7-12-3-13(8-20)5-14(4-12)9-20/h1-2,6,12-14H,3-5,7-11H2,(H,23,24). The van der Waals surface area contributed by atoms with Crippen LogP contribution in [0.3, 0.4) is 0 Å². The first-order chi connectivity index (χ1) is 12.4. The third-order valence-corrected chi connectivity index (χ3v) is 6.25. The van der Waals surface area contributed by atoms with E-state index in [9.17, 15) is 18.4 Å². The number of benzene rings is 1. The lowest BCUT2D eigenvalue weighted by atomic mass is 9.49. The van der Waals surface area contributed by atoms with Crippen LogP contribution in [0.25, 0.3) is 0 Å². The lowest BCUT2D eigenvalue weighted by Crippen LogP contribution is -2.47. The van der Waals surface area contributed by atoms with E-state index < -0.39 is 24.1 Å². The molecular formula is C20H23F2NO3. The Morgan fingerprint density at radius 3 is 2.27 bits per heavy atom. The zero-order chi connectivity index (χ0) is 18.3. The van der Waals surface area contributed by atoms with E-state index in [0.717, 1.165) is 49.1 Å². The lowest BCUT2D eigenvalue weighted by Gasteiger charge is -2.56. The van der Waals surface area contributed by atoms with E-state index in [2.05, 4.69) is 5.32 Å². The minimum absolute atomic E-state index is 0.0609. The molecule has 1 N–H and O–H groups in total. The summed E-state index contributed by atoms with van der Waals surface area (Å²) < 4.78 is 31.5. The van der Waals surface area contributed by atoms with E-state index in [0.29, 0.717) is 12.5 Å². The summed E-state index contributed by atoms with van der Waals surface area (Å²) in [6, 6.07) is 2.88. The Labute approximate surface area is 151 Å². The predicted molar refractivity (Wildman–Crippen MR) is 91.2 cm³/mol. The third kappa shape index (κ3) is 3.60. The first kappa shape index (κ1) is 17.4. The topological polar surface area (TPSA) is 55.4 Å². The summed E-state index contributed by atoms with van der Waals surface area (Å²) in [7, 11) is 0. The van der Waals surface area contributed by atoms with Crippen LogP contribution in [0.4, 0.5) is 14.5 Å². The molecule has 0 radical (unpaired) electrons.